The maximum atomic E-state index is 12.7. The van der Waals surface area contributed by atoms with Gasteiger partial charge in [0.25, 0.3) is 0 Å². The zero-order valence-corrected chi connectivity index (χ0v) is 22.9. The molecule has 7 nitrogen and oxygen atoms in total. The molecule has 2 rings (SSSR count). The second-order valence-corrected chi connectivity index (χ2v) is 13.3. The Morgan fingerprint density at radius 1 is 1.24 bits per heavy atom. The summed E-state index contributed by atoms with van der Waals surface area (Å²) < 4.78 is 33.8. The summed E-state index contributed by atoms with van der Waals surface area (Å²) in [5, 5.41) is 19.2. The van der Waals surface area contributed by atoms with E-state index in [0.717, 1.165) is 35.3 Å². The first-order valence-corrected chi connectivity index (χ1v) is 14.0. The smallest absolute Gasteiger partial charge is 0.318 e. The van der Waals surface area contributed by atoms with Crippen LogP contribution in [0, 0.1) is 12.3 Å². The average Bonchev–Trinajstić information content (AvgIpc) is 3.15. The number of carboxylic acid groups (broad SMARTS) is 1. The third kappa shape index (κ3) is 6.36. The van der Waals surface area contributed by atoms with Crippen LogP contribution in [0.2, 0.25) is 0 Å². The van der Waals surface area contributed by atoms with Gasteiger partial charge in [0.2, 0.25) is 10.0 Å². The number of nitrogens with one attached hydrogen (secondary N) is 1. The Morgan fingerprint density at radius 3 is 2.35 bits per heavy atom. The number of rotatable bonds is 11. The molecule has 192 valence electrons. The maximum absolute atomic E-state index is 12.7. The van der Waals surface area contributed by atoms with Crippen molar-refractivity contribution in [1.82, 2.24) is 4.72 Å². The third-order valence-corrected chi connectivity index (χ3v) is 10.5. The summed E-state index contributed by atoms with van der Waals surface area (Å²) in [7, 11) is -3.87. The quantitative estimate of drug-likeness (QED) is 0.397. The van der Waals surface area contributed by atoms with Gasteiger partial charge in [-0.1, -0.05) is 46.8 Å². The van der Waals surface area contributed by atoms with E-state index >= 15 is 0 Å². The average molecular weight is 514 g/mol. The molecule has 2 unspecified atom stereocenters. The van der Waals surface area contributed by atoms with Gasteiger partial charge in [-0.3, -0.25) is 4.79 Å². The normalized spacial score (nSPS) is 18.3. The summed E-state index contributed by atoms with van der Waals surface area (Å²) in [5.74, 6) is -0.492. The van der Waals surface area contributed by atoms with Crippen LogP contribution in [0.25, 0.3) is 0 Å². The Bertz CT molecular complexity index is 1020. The molecule has 0 saturated carbocycles. The van der Waals surface area contributed by atoms with Crippen molar-refractivity contribution in [2.45, 2.75) is 84.5 Å². The number of aliphatic carboxylic acids is 1. The molecule has 0 bridgehead atoms. The first-order valence-electron chi connectivity index (χ1n) is 11.7. The minimum Gasteiger partial charge on any atom is -0.491 e. The number of hydrogen-bond donors (Lipinski definition) is 3. The number of allylic oxidation sites excluding steroid dienone is 1. The van der Waals surface area contributed by atoms with E-state index in [1.165, 1.54) is 11.8 Å². The first-order chi connectivity index (χ1) is 15.7. The van der Waals surface area contributed by atoms with Gasteiger partial charge in [0.1, 0.15) is 23.1 Å². The number of hydrogen-bond acceptors (Lipinski definition) is 6. The molecule has 1 aliphatic heterocycles. The van der Waals surface area contributed by atoms with Gasteiger partial charge in [-0.05, 0) is 61.3 Å². The molecule has 1 aliphatic rings. The van der Waals surface area contributed by atoms with E-state index in [0.29, 0.717) is 6.42 Å². The van der Waals surface area contributed by atoms with Gasteiger partial charge in [-0.25, -0.2) is 8.42 Å². The molecule has 0 fully saturated rings. The molecule has 0 radical (unpaired) electrons. The lowest BCUT2D eigenvalue weighted by atomic mass is 9.71. The van der Waals surface area contributed by atoms with Crippen LogP contribution in [0.3, 0.4) is 0 Å². The summed E-state index contributed by atoms with van der Waals surface area (Å²) in [6.07, 6.45) is 1.68. The summed E-state index contributed by atoms with van der Waals surface area (Å²) in [6, 6.07) is 6.09. The molecule has 0 aliphatic carbocycles. The van der Waals surface area contributed by atoms with Crippen LogP contribution in [0.1, 0.15) is 71.9 Å². The number of carboxylic acids is 1. The zero-order valence-electron chi connectivity index (χ0n) is 21.3. The van der Waals surface area contributed by atoms with Crippen molar-refractivity contribution in [3.05, 3.63) is 39.1 Å². The van der Waals surface area contributed by atoms with Crippen molar-refractivity contribution in [3.8, 4) is 5.75 Å². The number of ether oxygens (including phenoxy) is 1. The SMILES string of the molecule is CCC(CC)(c1ccc(OCC(O)C(C)(C)C)c(C)c1)C1CC(C)=C(S(=O)(=O)NCC(=O)O)S1. The van der Waals surface area contributed by atoms with E-state index in [-0.39, 0.29) is 26.9 Å². The van der Waals surface area contributed by atoms with Gasteiger partial charge < -0.3 is 14.9 Å². The van der Waals surface area contributed by atoms with Crippen molar-refractivity contribution in [2.75, 3.05) is 13.2 Å². The number of sulfonamides is 1. The molecule has 3 N–H and O–H groups in total. The highest BCUT2D eigenvalue weighted by molar-refractivity contribution is 8.18. The fourth-order valence-corrected chi connectivity index (χ4v) is 7.89. The summed E-state index contributed by atoms with van der Waals surface area (Å²) in [4.78, 5) is 10.9. The molecule has 0 spiro atoms. The Balaban J connectivity index is 2.28. The monoisotopic (exact) mass is 513 g/mol. The van der Waals surface area contributed by atoms with Crippen LogP contribution in [0.5, 0.6) is 5.75 Å². The van der Waals surface area contributed by atoms with E-state index in [1.807, 2.05) is 39.8 Å². The van der Waals surface area contributed by atoms with Crippen molar-refractivity contribution in [3.63, 3.8) is 0 Å². The highest BCUT2D eigenvalue weighted by Gasteiger charge is 2.44. The van der Waals surface area contributed by atoms with Gasteiger partial charge in [-0.15, -0.1) is 11.8 Å². The second-order valence-electron chi connectivity index (χ2n) is 10.1. The van der Waals surface area contributed by atoms with Crippen molar-refractivity contribution >= 4 is 27.8 Å². The topological polar surface area (TPSA) is 113 Å². The minimum atomic E-state index is -3.87. The Kier molecular flexibility index (Phi) is 9.29. The van der Waals surface area contributed by atoms with Gasteiger partial charge in [0.05, 0.1) is 6.10 Å². The van der Waals surface area contributed by atoms with Crippen molar-refractivity contribution in [2.24, 2.45) is 5.41 Å². The number of aliphatic hydroxyl groups is 1. The van der Waals surface area contributed by atoms with Crippen LogP contribution in [-0.4, -0.2) is 49.1 Å². The first kappa shape index (κ1) is 28.7. The molecular weight excluding hydrogens is 474 g/mol. The minimum absolute atomic E-state index is 0.00721. The van der Waals surface area contributed by atoms with E-state index in [1.54, 1.807) is 6.92 Å². The number of benzene rings is 1. The summed E-state index contributed by atoms with van der Waals surface area (Å²) >= 11 is 1.33. The standard InChI is InChI=1S/C25H39NO6S2/c1-8-25(9-2,21-13-17(4)23(33-21)34(30,31)26-14-22(28)29)18-10-11-19(16(3)12-18)32-15-20(27)24(5,6)7/h10-12,20-21,26-27H,8-9,13-15H2,1-7H3,(H,28,29). The predicted octanol–water partition coefficient (Wildman–Crippen LogP) is 4.58. The Labute approximate surface area is 208 Å². The van der Waals surface area contributed by atoms with Crippen LogP contribution in [-0.2, 0) is 20.2 Å². The molecule has 1 heterocycles. The van der Waals surface area contributed by atoms with Crippen molar-refractivity contribution in [1.29, 1.82) is 0 Å². The van der Waals surface area contributed by atoms with Gasteiger partial charge in [0, 0.05) is 10.7 Å². The molecule has 9 heteroatoms. The van der Waals surface area contributed by atoms with E-state index in [4.69, 9.17) is 9.84 Å². The maximum Gasteiger partial charge on any atom is 0.318 e. The van der Waals surface area contributed by atoms with E-state index in [9.17, 15) is 18.3 Å². The number of aryl methyl sites for hydroxylation is 1. The lowest BCUT2D eigenvalue weighted by Crippen LogP contribution is -2.36. The predicted molar refractivity (Wildman–Crippen MR) is 138 cm³/mol. The molecule has 1 aromatic rings. The van der Waals surface area contributed by atoms with Crippen molar-refractivity contribution < 1.29 is 28.2 Å². The van der Waals surface area contributed by atoms with Gasteiger partial charge >= 0.3 is 5.97 Å². The fourth-order valence-electron chi connectivity index (χ4n) is 4.30. The molecule has 0 amide bonds. The molecule has 0 saturated heterocycles. The van der Waals surface area contributed by atoms with Gasteiger partial charge in [0.15, 0.2) is 0 Å². The molecule has 34 heavy (non-hydrogen) atoms. The molecular formula is C25H39NO6S2. The largest absolute Gasteiger partial charge is 0.491 e. The molecule has 0 aromatic heterocycles. The summed E-state index contributed by atoms with van der Waals surface area (Å²) in [6.45, 7) is 13.5. The second kappa shape index (κ2) is 11.0. The zero-order chi connectivity index (χ0) is 25.9. The van der Waals surface area contributed by atoms with Crippen LogP contribution in [0.4, 0.5) is 0 Å². The lowest BCUT2D eigenvalue weighted by molar-refractivity contribution is -0.135. The number of carbonyl (C=O) groups is 1. The summed E-state index contributed by atoms with van der Waals surface area (Å²) in [5.41, 5.74) is 2.32. The van der Waals surface area contributed by atoms with E-state index < -0.39 is 28.6 Å². The highest BCUT2D eigenvalue weighted by Crippen LogP contribution is 2.52. The fraction of sp³-hybridized carbons (Fsp3) is 0.640. The number of thioether (sulfide) groups is 1. The third-order valence-electron chi connectivity index (χ3n) is 6.77. The highest BCUT2D eigenvalue weighted by atomic mass is 32.3. The molecule has 1 aromatic carbocycles. The van der Waals surface area contributed by atoms with Gasteiger partial charge in [-0.2, -0.15) is 4.72 Å². The Morgan fingerprint density at radius 2 is 1.85 bits per heavy atom. The van der Waals surface area contributed by atoms with Crippen LogP contribution < -0.4 is 9.46 Å². The van der Waals surface area contributed by atoms with Crippen LogP contribution in [0.15, 0.2) is 28.0 Å². The van der Waals surface area contributed by atoms with Crippen LogP contribution >= 0.6 is 11.8 Å². The number of aliphatic hydroxyl groups excluding tert-OH is 1. The van der Waals surface area contributed by atoms with E-state index in [2.05, 4.69) is 24.6 Å². The lowest BCUT2D eigenvalue weighted by Gasteiger charge is -2.38. The molecule has 2 atom stereocenters. The Hall–Kier alpha value is -1.55.